The predicted molar refractivity (Wildman–Crippen MR) is 106 cm³/mol. The number of pyridine rings is 1. The zero-order valence-electron chi connectivity index (χ0n) is 15.2. The maximum absolute atomic E-state index is 13.0. The highest BCUT2D eigenvalue weighted by Crippen LogP contribution is 2.33. The summed E-state index contributed by atoms with van der Waals surface area (Å²) in [6, 6.07) is 14.1. The first-order valence-corrected chi connectivity index (χ1v) is 9.25. The first-order chi connectivity index (χ1) is 13.5. The van der Waals surface area contributed by atoms with Gasteiger partial charge in [0.1, 0.15) is 18.3 Å². The maximum atomic E-state index is 13.0. The minimum atomic E-state index is -0.353. The summed E-state index contributed by atoms with van der Waals surface area (Å²) in [5.74, 6) is 0.371. The Labute approximate surface area is 166 Å². The second-order valence-corrected chi connectivity index (χ2v) is 7.09. The van der Waals surface area contributed by atoms with E-state index in [0.717, 1.165) is 11.3 Å². The standard InChI is InChI=1S/C21H18ClN3O3/c1-14-4-2-10-24(21(14)27)13-20(26)25-18(19-5-3-11-28-19)12-17(23-25)15-6-8-16(22)9-7-15/h2-11,18H,12-13H2,1H3/t18-/m1/s1. The van der Waals surface area contributed by atoms with Gasteiger partial charge in [-0.3, -0.25) is 9.59 Å². The van der Waals surface area contributed by atoms with Gasteiger partial charge in [0.15, 0.2) is 0 Å². The predicted octanol–water partition coefficient (Wildman–Crippen LogP) is 3.78. The number of carbonyl (C=O) groups is 1. The van der Waals surface area contributed by atoms with Crippen molar-refractivity contribution >= 4 is 23.2 Å². The molecule has 3 heterocycles. The van der Waals surface area contributed by atoms with Gasteiger partial charge in [-0.2, -0.15) is 5.10 Å². The van der Waals surface area contributed by atoms with Crippen LogP contribution in [-0.4, -0.2) is 21.2 Å². The fraction of sp³-hybridized carbons (Fsp3) is 0.190. The van der Waals surface area contributed by atoms with Crippen LogP contribution in [0.2, 0.25) is 5.02 Å². The largest absolute Gasteiger partial charge is 0.467 e. The van der Waals surface area contributed by atoms with Crippen molar-refractivity contribution in [2.75, 3.05) is 0 Å². The summed E-state index contributed by atoms with van der Waals surface area (Å²) in [4.78, 5) is 25.3. The molecule has 2 aromatic heterocycles. The van der Waals surface area contributed by atoms with Crippen LogP contribution in [0.5, 0.6) is 0 Å². The molecular formula is C21H18ClN3O3. The number of carbonyl (C=O) groups excluding carboxylic acids is 1. The lowest BCUT2D eigenvalue weighted by Crippen LogP contribution is -2.34. The SMILES string of the molecule is Cc1cccn(CC(=O)N2N=C(c3ccc(Cl)cc3)C[C@@H]2c2ccco2)c1=O. The van der Waals surface area contributed by atoms with Crippen molar-refractivity contribution in [3.63, 3.8) is 0 Å². The molecule has 1 aliphatic rings. The minimum absolute atomic E-state index is 0.0882. The van der Waals surface area contributed by atoms with Gasteiger partial charge in [0, 0.05) is 23.2 Å². The van der Waals surface area contributed by atoms with Crippen molar-refractivity contribution in [3.8, 4) is 0 Å². The van der Waals surface area contributed by atoms with E-state index in [0.29, 0.717) is 22.8 Å². The fourth-order valence-corrected chi connectivity index (χ4v) is 3.39. The lowest BCUT2D eigenvalue weighted by atomic mass is 10.0. The van der Waals surface area contributed by atoms with Crippen LogP contribution in [0.3, 0.4) is 0 Å². The quantitative estimate of drug-likeness (QED) is 0.675. The molecule has 0 unspecified atom stereocenters. The summed E-state index contributed by atoms with van der Waals surface area (Å²) in [5, 5.41) is 6.61. The average molecular weight is 396 g/mol. The van der Waals surface area contributed by atoms with Gasteiger partial charge in [0.05, 0.1) is 12.0 Å². The van der Waals surface area contributed by atoms with Crippen LogP contribution in [-0.2, 0) is 11.3 Å². The third-order valence-corrected chi connectivity index (χ3v) is 4.98. The number of aromatic nitrogens is 1. The minimum Gasteiger partial charge on any atom is -0.467 e. The van der Waals surface area contributed by atoms with Crippen molar-refractivity contribution < 1.29 is 9.21 Å². The number of hydrazone groups is 1. The molecule has 1 aromatic carbocycles. The molecule has 0 saturated carbocycles. The summed E-state index contributed by atoms with van der Waals surface area (Å²) in [5.41, 5.74) is 2.06. The van der Waals surface area contributed by atoms with Crippen LogP contribution in [0.15, 0.2) is 75.3 Å². The van der Waals surface area contributed by atoms with E-state index in [2.05, 4.69) is 5.10 Å². The summed E-state index contributed by atoms with van der Waals surface area (Å²) in [6.45, 7) is 1.64. The van der Waals surface area contributed by atoms with Crippen LogP contribution in [0.1, 0.15) is 29.3 Å². The van der Waals surface area contributed by atoms with E-state index in [4.69, 9.17) is 16.0 Å². The molecule has 0 fully saturated rings. The van der Waals surface area contributed by atoms with Gasteiger partial charge >= 0.3 is 0 Å². The number of rotatable bonds is 4. The van der Waals surface area contributed by atoms with E-state index >= 15 is 0 Å². The second-order valence-electron chi connectivity index (χ2n) is 6.65. The lowest BCUT2D eigenvalue weighted by Gasteiger charge is -2.20. The Morgan fingerprint density at radius 1 is 1.21 bits per heavy atom. The van der Waals surface area contributed by atoms with Gasteiger partial charge in [-0.05, 0) is 42.8 Å². The Hall–Kier alpha value is -3.12. The smallest absolute Gasteiger partial charge is 0.263 e. The Bertz CT molecular complexity index is 1080. The second kappa shape index (κ2) is 7.48. The maximum Gasteiger partial charge on any atom is 0.263 e. The highest BCUT2D eigenvalue weighted by molar-refractivity contribution is 6.30. The van der Waals surface area contributed by atoms with Crippen LogP contribution < -0.4 is 5.56 Å². The number of halogens is 1. The van der Waals surface area contributed by atoms with Gasteiger partial charge in [-0.25, -0.2) is 5.01 Å². The van der Waals surface area contributed by atoms with Crippen LogP contribution in [0, 0.1) is 6.92 Å². The molecule has 4 rings (SSSR count). The van der Waals surface area contributed by atoms with E-state index in [1.165, 1.54) is 9.58 Å². The van der Waals surface area contributed by atoms with E-state index in [1.54, 1.807) is 49.7 Å². The molecule has 7 heteroatoms. The summed E-state index contributed by atoms with van der Waals surface area (Å²) in [7, 11) is 0. The Morgan fingerprint density at radius 2 is 2.00 bits per heavy atom. The molecule has 0 spiro atoms. The zero-order chi connectivity index (χ0) is 19.7. The van der Waals surface area contributed by atoms with Crippen molar-refractivity contribution in [1.29, 1.82) is 0 Å². The monoisotopic (exact) mass is 395 g/mol. The third kappa shape index (κ3) is 3.51. The molecule has 3 aromatic rings. The number of aryl methyl sites for hydroxylation is 1. The molecule has 28 heavy (non-hydrogen) atoms. The first-order valence-electron chi connectivity index (χ1n) is 8.88. The van der Waals surface area contributed by atoms with Crippen molar-refractivity contribution in [2.24, 2.45) is 5.10 Å². The molecule has 0 N–H and O–H groups in total. The van der Waals surface area contributed by atoms with Crippen molar-refractivity contribution in [3.05, 3.63) is 93.3 Å². The average Bonchev–Trinajstić information content (AvgIpc) is 3.35. The van der Waals surface area contributed by atoms with Crippen LogP contribution in [0.25, 0.3) is 0 Å². The van der Waals surface area contributed by atoms with E-state index in [9.17, 15) is 9.59 Å². The van der Waals surface area contributed by atoms with Gasteiger partial charge < -0.3 is 8.98 Å². The van der Waals surface area contributed by atoms with Gasteiger partial charge in [0.25, 0.3) is 11.5 Å². The Balaban J connectivity index is 1.66. The number of benzene rings is 1. The van der Waals surface area contributed by atoms with Gasteiger partial charge in [0.2, 0.25) is 0 Å². The third-order valence-electron chi connectivity index (χ3n) is 4.73. The highest BCUT2D eigenvalue weighted by Gasteiger charge is 2.34. The van der Waals surface area contributed by atoms with Crippen LogP contribution >= 0.6 is 11.6 Å². The molecule has 0 bridgehead atoms. The molecule has 0 radical (unpaired) electrons. The molecular weight excluding hydrogens is 378 g/mol. The van der Waals surface area contributed by atoms with Crippen LogP contribution in [0.4, 0.5) is 0 Å². The summed E-state index contributed by atoms with van der Waals surface area (Å²) < 4.78 is 6.93. The van der Waals surface area contributed by atoms with E-state index in [1.807, 2.05) is 18.2 Å². The molecule has 0 aliphatic carbocycles. The summed E-state index contributed by atoms with van der Waals surface area (Å²) >= 11 is 5.97. The van der Waals surface area contributed by atoms with E-state index in [-0.39, 0.29) is 24.1 Å². The summed E-state index contributed by atoms with van der Waals surface area (Å²) in [6.07, 6.45) is 3.70. The van der Waals surface area contributed by atoms with Crippen molar-refractivity contribution in [2.45, 2.75) is 25.9 Å². The zero-order valence-corrected chi connectivity index (χ0v) is 16.0. The topological polar surface area (TPSA) is 67.8 Å². The van der Waals surface area contributed by atoms with Gasteiger partial charge in [-0.1, -0.05) is 29.8 Å². The van der Waals surface area contributed by atoms with E-state index < -0.39 is 0 Å². The Morgan fingerprint density at radius 3 is 2.71 bits per heavy atom. The van der Waals surface area contributed by atoms with Gasteiger partial charge in [-0.15, -0.1) is 0 Å². The number of amides is 1. The van der Waals surface area contributed by atoms with Crippen molar-refractivity contribution in [1.82, 2.24) is 9.58 Å². The number of nitrogens with zero attached hydrogens (tertiary/aromatic N) is 3. The molecule has 1 aliphatic heterocycles. The molecule has 142 valence electrons. The fourth-order valence-electron chi connectivity index (χ4n) is 3.26. The number of hydrogen-bond donors (Lipinski definition) is 0. The number of furan rings is 1. The Kier molecular flexibility index (Phi) is 4.88. The molecule has 1 atom stereocenters. The molecule has 6 nitrogen and oxygen atoms in total. The lowest BCUT2D eigenvalue weighted by molar-refractivity contribution is -0.134. The highest BCUT2D eigenvalue weighted by atomic mass is 35.5. The molecule has 1 amide bonds. The molecule has 0 saturated heterocycles. The first kappa shape index (κ1) is 18.3. The normalized spacial score (nSPS) is 16.3. The number of hydrogen-bond acceptors (Lipinski definition) is 4.